The van der Waals surface area contributed by atoms with Gasteiger partial charge in [0.25, 0.3) is 11.9 Å². The van der Waals surface area contributed by atoms with E-state index in [1.54, 1.807) is 18.2 Å². The molecule has 0 atom stereocenters. The minimum absolute atomic E-state index is 0.0221. The van der Waals surface area contributed by atoms with E-state index < -0.39 is 0 Å². The molecule has 3 aromatic rings. The molecule has 0 radical (unpaired) electrons. The van der Waals surface area contributed by atoms with Gasteiger partial charge in [0.05, 0.1) is 5.54 Å². The highest BCUT2D eigenvalue weighted by molar-refractivity contribution is 6.03. The molecule has 2 N–H and O–H groups in total. The molecule has 2 fully saturated rings. The lowest BCUT2D eigenvalue weighted by Gasteiger charge is -2.43. The second-order valence-electron chi connectivity index (χ2n) is 10.5. The van der Waals surface area contributed by atoms with Gasteiger partial charge >= 0.3 is 6.03 Å². The Labute approximate surface area is 215 Å². The molecule has 9 nitrogen and oxygen atoms in total. The molecule has 1 aliphatic heterocycles. The maximum absolute atomic E-state index is 13.8. The van der Waals surface area contributed by atoms with Gasteiger partial charge in [0.1, 0.15) is 5.82 Å². The van der Waals surface area contributed by atoms with Gasteiger partial charge in [-0.25, -0.2) is 9.18 Å². The minimum Gasteiger partial charge on any atom is -0.318 e. The normalized spacial score (nSPS) is 21.7. The van der Waals surface area contributed by atoms with Crippen molar-refractivity contribution in [2.75, 3.05) is 11.9 Å². The molecule has 10 heteroatoms. The van der Waals surface area contributed by atoms with Crippen LogP contribution in [0, 0.1) is 17.7 Å². The third kappa shape index (κ3) is 5.33. The lowest BCUT2D eigenvalue weighted by atomic mass is 9.72. The highest BCUT2D eigenvalue weighted by Gasteiger charge is 2.50. The number of halogens is 1. The molecular formula is C27H32FN7O2. The molecule has 1 aliphatic carbocycles. The van der Waals surface area contributed by atoms with Crippen molar-refractivity contribution in [3.05, 3.63) is 71.0 Å². The van der Waals surface area contributed by atoms with Gasteiger partial charge in [-0.2, -0.15) is 5.21 Å². The maximum Gasteiger partial charge on any atom is 0.321 e. The third-order valence-corrected chi connectivity index (χ3v) is 7.85. The Morgan fingerprint density at radius 2 is 1.89 bits per heavy atom. The van der Waals surface area contributed by atoms with E-state index in [4.69, 9.17) is 0 Å². The van der Waals surface area contributed by atoms with Crippen LogP contribution in [-0.4, -0.2) is 54.4 Å². The summed E-state index contributed by atoms with van der Waals surface area (Å²) in [5.74, 6) is 0.759. The number of carbonyl (C=O) groups is 2. The molecule has 2 heterocycles. The Morgan fingerprint density at radius 1 is 1.14 bits per heavy atom. The van der Waals surface area contributed by atoms with Crippen molar-refractivity contribution in [2.24, 2.45) is 11.8 Å². The van der Waals surface area contributed by atoms with E-state index in [0.717, 1.165) is 36.8 Å². The Hall–Kier alpha value is -3.82. The monoisotopic (exact) mass is 505 g/mol. The largest absolute Gasteiger partial charge is 0.321 e. The maximum atomic E-state index is 13.8. The number of urea groups is 1. The van der Waals surface area contributed by atoms with Crippen LogP contribution in [0.25, 0.3) is 0 Å². The first-order valence-corrected chi connectivity index (χ1v) is 12.8. The van der Waals surface area contributed by atoms with Gasteiger partial charge < -0.3 is 9.80 Å². The molecule has 1 saturated heterocycles. The summed E-state index contributed by atoms with van der Waals surface area (Å²) in [6.07, 6.45) is 4.08. The van der Waals surface area contributed by atoms with Crippen molar-refractivity contribution >= 4 is 17.9 Å². The number of rotatable bonds is 7. The number of aromatic nitrogens is 4. The van der Waals surface area contributed by atoms with E-state index in [1.165, 1.54) is 12.1 Å². The minimum atomic E-state index is -0.338. The molecule has 0 unspecified atom stereocenters. The fraction of sp³-hybridized carbons (Fsp3) is 0.444. The van der Waals surface area contributed by atoms with Crippen molar-refractivity contribution < 1.29 is 14.0 Å². The van der Waals surface area contributed by atoms with Crippen LogP contribution < -0.4 is 5.32 Å². The molecule has 194 valence electrons. The molecule has 37 heavy (non-hydrogen) atoms. The summed E-state index contributed by atoms with van der Waals surface area (Å²) in [6.45, 7) is 6.02. The fourth-order valence-electron chi connectivity index (χ4n) is 5.70. The summed E-state index contributed by atoms with van der Waals surface area (Å²) in [5.41, 5.74) is 1.95. The summed E-state index contributed by atoms with van der Waals surface area (Å²) in [4.78, 5) is 30.0. The topological polar surface area (TPSA) is 107 Å². The van der Waals surface area contributed by atoms with Crippen LogP contribution in [-0.2, 0) is 13.1 Å². The van der Waals surface area contributed by atoms with Crippen LogP contribution in [0.2, 0.25) is 0 Å². The van der Waals surface area contributed by atoms with Crippen molar-refractivity contribution in [3.8, 4) is 0 Å². The lowest BCUT2D eigenvalue weighted by molar-refractivity contribution is 0.0832. The summed E-state index contributed by atoms with van der Waals surface area (Å²) in [6, 6.07) is 13.7. The van der Waals surface area contributed by atoms with Crippen molar-refractivity contribution in [3.63, 3.8) is 0 Å². The van der Waals surface area contributed by atoms with Gasteiger partial charge in [0.15, 0.2) is 0 Å². The summed E-state index contributed by atoms with van der Waals surface area (Å²) < 4.78 is 13.8. The van der Waals surface area contributed by atoms with Crippen molar-refractivity contribution in [1.29, 1.82) is 0 Å². The van der Waals surface area contributed by atoms with Crippen LogP contribution in [0.4, 0.5) is 15.1 Å². The van der Waals surface area contributed by atoms with E-state index in [2.05, 4.69) is 39.8 Å². The average Bonchev–Trinajstić information content (AvgIpc) is 3.47. The zero-order chi connectivity index (χ0) is 26.0. The Balaban J connectivity index is 1.34. The molecule has 0 bridgehead atoms. The van der Waals surface area contributed by atoms with Gasteiger partial charge in [-0.1, -0.05) is 43.2 Å². The highest BCUT2D eigenvalue weighted by Crippen LogP contribution is 2.44. The van der Waals surface area contributed by atoms with Crippen molar-refractivity contribution in [2.45, 2.75) is 58.2 Å². The first-order chi connectivity index (χ1) is 17.8. The van der Waals surface area contributed by atoms with E-state index in [9.17, 15) is 14.0 Å². The smallest absolute Gasteiger partial charge is 0.318 e. The number of carbonyl (C=O) groups excluding carboxylic acids is 2. The number of tetrazole rings is 1. The average molecular weight is 506 g/mol. The summed E-state index contributed by atoms with van der Waals surface area (Å²) in [5, 5.41) is 15.8. The fourth-order valence-corrected chi connectivity index (χ4v) is 5.70. The Kier molecular flexibility index (Phi) is 6.90. The lowest BCUT2D eigenvalue weighted by Crippen LogP contribution is -2.49. The number of aromatic amines is 1. The zero-order valence-electron chi connectivity index (χ0n) is 21.2. The van der Waals surface area contributed by atoms with Crippen LogP contribution >= 0.6 is 0 Å². The van der Waals surface area contributed by atoms with Gasteiger partial charge in [-0.3, -0.25) is 10.1 Å². The summed E-state index contributed by atoms with van der Waals surface area (Å²) >= 11 is 0. The Morgan fingerprint density at radius 3 is 2.54 bits per heavy atom. The zero-order valence-corrected chi connectivity index (χ0v) is 21.2. The quantitative estimate of drug-likeness (QED) is 0.488. The van der Waals surface area contributed by atoms with Crippen molar-refractivity contribution in [1.82, 2.24) is 30.4 Å². The number of nitrogens with one attached hydrogen (secondary N) is 2. The number of hydrogen-bond acceptors (Lipinski definition) is 5. The molecule has 2 aliphatic rings. The van der Waals surface area contributed by atoms with E-state index in [-0.39, 0.29) is 29.2 Å². The van der Waals surface area contributed by atoms with Gasteiger partial charge in [0, 0.05) is 25.2 Å². The van der Waals surface area contributed by atoms with Crippen LogP contribution in [0.3, 0.4) is 0 Å². The predicted molar refractivity (Wildman–Crippen MR) is 136 cm³/mol. The molecule has 2 aromatic carbocycles. The highest BCUT2D eigenvalue weighted by atomic mass is 19.1. The molecule has 5 rings (SSSR count). The first kappa shape index (κ1) is 24.9. The third-order valence-electron chi connectivity index (χ3n) is 7.85. The molecule has 1 spiro atoms. The van der Waals surface area contributed by atoms with Gasteiger partial charge in [-0.15, -0.1) is 5.10 Å². The molecule has 1 saturated carbocycles. The van der Waals surface area contributed by atoms with Crippen LogP contribution in [0.5, 0.6) is 0 Å². The SMILES string of the molecule is CC(C)C1CCC2(CC1)CN(Cc1cccc(F)c1)C(=O)N2Cc1ccc(C(=O)Nc2nn[nH]n2)cc1. The molecule has 1 aromatic heterocycles. The number of benzene rings is 2. The van der Waals surface area contributed by atoms with Crippen LogP contribution in [0.1, 0.15) is 61.0 Å². The second-order valence-corrected chi connectivity index (χ2v) is 10.5. The number of amides is 3. The molecule has 3 amide bonds. The number of nitrogens with zero attached hydrogens (tertiary/aromatic N) is 5. The van der Waals surface area contributed by atoms with Gasteiger partial charge in [-0.05, 0) is 78.1 Å². The number of hydrogen-bond donors (Lipinski definition) is 2. The summed E-state index contributed by atoms with van der Waals surface area (Å²) in [7, 11) is 0. The first-order valence-electron chi connectivity index (χ1n) is 12.8. The molecular weight excluding hydrogens is 473 g/mol. The van der Waals surface area contributed by atoms with E-state index >= 15 is 0 Å². The van der Waals surface area contributed by atoms with E-state index in [1.807, 2.05) is 28.0 Å². The predicted octanol–water partition coefficient (Wildman–Crippen LogP) is 4.61. The number of H-pyrrole nitrogens is 1. The van der Waals surface area contributed by atoms with Crippen LogP contribution in [0.15, 0.2) is 48.5 Å². The Bertz CT molecular complexity index is 1240. The number of anilines is 1. The van der Waals surface area contributed by atoms with E-state index in [0.29, 0.717) is 37.0 Å². The standard InChI is InChI=1S/C27H32FN7O2/c1-18(2)21-10-12-27(13-11-21)17-34(15-20-4-3-5-23(28)14-20)26(37)35(27)16-19-6-8-22(9-7-19)24(36)29-25-30-32-33-31-25/h3-9,14,18,21H,10-13,15-17H2,1-2H3,(H2,29,30,31,32,33,36). The second kappa shape index (κ2) is 10.3. The van der Waals surface area contributed by atoms with Gasteiger partial charge in [0.2, 0.25) is 0 Å².